The van der Waals surface area contributed by atoms with Crippen LogP contribution in [0.5, 0.6) is 0 Å². The van der Waals surface area contributed by atoms with E-state index >= 15 is 0 Å². The molecule has 1 fully saturated rings. The van der Waals surface area contributed by atoms with Crippen LogP contribution in [0.1, 0.15) is 29.1 Å². The van der Waals surface area contributed by atoms with Crippen LogP contribution in [0.3, 0.4) is 0 Å². The molecule has 0 radical (unpaired) electrons. The molecule has 112 valence electrons. The van der Waals surface area contributed by atoms with Crippen LogP contribution >= 0.6 is 11.3 Å². The maximum Gasteiger partial charge on any atom is 0.266 e. The Balaban J connectivity index is 2.06. The summed E-state index contributed by atoms with van der Waals surface area (Å²) in [4.78, 5) is 20.5. The molecule has 0 aromatic carbocycles. The Kier molecular flexibility index (Phi) is 3.37. The van der Waals surface area contributed by atoms with Gasteiger partial charge in [0.25, 0.3) is 5.91 Å². The molecule has 0 aliphatic carbocycles. The second-order valence-corrected chi connectivity index (χ2v) is 6.97. The summed E-state index contributed by atoms with van der Waals surface area (Å²) < 4.78 is 5.48. The third-order valence-corrected chi connectivity index (χ3v) is 5.02. The number of hydrogen-bond acceptors (Lipinski definition) is 5. The van der Waals surface area contributed by atoms with Crippen LogP contribution in [-0.4, -0.2) is 41.1 Å². The monoisotopic (exact) mass is 305 g/mol. The third kappa shape index (κ3) is 2.28. The SMILES string of the molecule is Cc1ccnc2sc(C(=O)N3CCOCC3(C)C)c(N)c12. The molecule has 0 atom stereocenters. The van der Waals surface area contributed by atoms with E-state index in [9.17, 15) is 4.79 Å². The Morgan fingerprint density at radius 1 is 1.52 bits per heavy atom. The zero-order valence-corrected chi connectivity index (χ0v) is 13.3. The Morgan fingerprint density at radius 3 is 2.95 bits per heavy atom. The molecule has 2 N–H and O–H groups in total. The first-order valence-electron chi connectivity index (χ1n) is 6.95. The number of nitrogens with zero attached hydrogens (tertiary/aromatic N) is 2. The average molecular weight is 305 g/mol. The van der Waals surface area contributed by atoms with E-state index < -0.39 is 0 Å². The Morgan fingerprint density at radius 2 is 2.29 bits per heavy atom. The number of nitrogen functional groups attached to an aromatic ring is 1. The van der Waals surface area contributed by atoms with Gasteiger partial charge in [0, 0.05) is 18.1 Å². The highest BCUT2D eigenvalue weighted by Crippen LogP contribution is 2.36. The predicted octanol–water partition coefficient (Wildman–Crippen LogP) is 2.44. The first kappa shape index (κ1) is 14.3. The molecule has 0 spiro atoms. The second kappa shape index (κ2) is 4.96. The smallest absolute Gasteiger partial charge is 0.266 e. The number of aromatic nitrogens is 1. The van der Waals surface area contributed by atoms with Gasteiger partial charge in [-0.05, 0) is 32.4 Å². The van der Waals surface area contributed by atoms with Crippen molar-refractivity contribution in [2.24, 2.45) is 0 Å². The molecule has 3 rings (SSSR count). The van der Waals surface area contributed by atoms with Crippen LogP contribution in [0.2, 0.25) is 0 Å². The number of aryl methyl sites for hydroxylation is 1. The highest BCUT2D eigenvalue weighted by atomic mass is 32.1. The Hall–Kier alpha value is -1.66. The number of ether oxygens (including phenoxy) is 1. The second-order valence-electron chi connectivity index (χ2n) is 5.97. The molecule has 0 saturated carbocycles. The number of hydrogen-bond donors (Lipinski definition) is 1. The number of carbonyl (C=O) groups is 1. The molecule has 0 unspecified atom stereocenters. The van der Waals surface area contributed by atoms with Crippen LogP contribution in [-0.2, 0) is 4.74 Å². The molecule has 21 heavy (non-hydrogen) atoms. The van der Waals surface area contributed by atoms with Crippen molar-refractivity contribution in [3.05, 3.63) is 22.7 Å². The van der Waals surface area contributed by atoms with E-state index in [2.05, 4.69) is 4.98 Å². The molecule has 3 heterocycles. The molecule has 0 bridgehead atoms. The van der Waals surface area contributed by atoms with Crippen molar-refractivity contribution in [1.29, 1.82) is 0 Å². The van der Waals surface area contributed by atoms with Crippen LogP contribution < -0.4 is 5.73 Å². The minimum Gasteiger partial charge on any atom is -0.397 e. The van der Waals surface area contributed by atoms with Crippen LogP contribution in [0.4, 0.5) is 5.69 Å². The van der Waals surface area contributed by atoms with Crippen molar-refractivity contribution in [2.45, 2.75) is 26.3 Å². The summed E-state index contributed by atoms with van der Waals surface area (Å²) in [5.41, 5.74) is 7.51. The first-order chi connectivity index (χ1) is 9.92. The van der Waals surface area contributed by atoms with Gasteiger partial charge in [-0.25, -0.2) is 4.98 Å². The number of nitrogens with two attached hydrogens (primary N) is 1. The summed E-state index contributed by atoms with van der Waals surface area (Å²) in [7, 11) is 0. The van der Waals surface area contributed by atoms with E-state index in [1.165, 1.54) is 11.3 Å². The van der Waals surface area contributed by atoms with Crippen molar-refractivity contribution < 1.29 is 9.53 Å². The van der Waals surface area contributed by atoms with Crippen LogP contribution in [0, 0.1) is 6.92 Å². The third-order valence-electron chi connectivity index (χ3n) is 3.92. The summed E-state index contributed by atoms with van der Waals surface area (Å²) in [6.07, 6.45) is 1.75. The number of pyridine rings is 1. The maximum absolute atomic E-state index is 12.9. The molecule has 6 heteroatoms. The van der Waals surface area contributed by atoms with Gasteiger partial charge in [-0.15, -0.1) is 11.3 Å². The Labute approximate surface area is 127 Å². The molecule has 2 aromatic rings. The van der Waals surface area contributed by atoms with E-state index in [1.54, 1.807) is 6.20 Å². The lowest BCUT2D eigenvalue weighted by atomic mass is 10.0. The first-order valence-corrected chi connectivity index (χ1v) is 7.77. The van der Waals surface area contributed by atoms with Crippen molar-refractivity contribution in [3.8, 4) is 0 Å². The van der Waals surface area contributed by atoms with Crippen molar-refractivity contribution in [1.82, 2.24) is 9.88 Å². The number of amides is 1. The van der Waals surface area contributed by atoms with E-state index in [4.69, 9.17) is 10.5 Å². The molecule has 2 aromatic heterocycles. The fourth-order valence-electron chi connectivity index (χ4n) is 2.72. The normalized spacial score (nSPS) is 18.1. The molecule has 1 aliphatic heterocycles. The van der Waals surface area contributed by atoms with Gasteiger partial charge in [0.05, 0.1) is 24.4 Å². The summed E-state index contributed by atoms with van der Waals surface area (Å²) in [6.45, 7) is 7.71. The zero-order chi connectivity index (χ0) is 15.2. The van der Waals surface area contributed by atoms with Crippen molar-refractivity contribution in [3.63, 3.8) is 0 Å². The molecule has 5 nitrogen and oxygen atoms in total. The van der Waals surface area contributed by atoms with E-state index in [0.29, 0.717) is 30.3 Å². The molecular formula is C15H19N3O2S. The van der Waals surface area contributed by atoms with Gasteiger partial charge < -0.3 is 15.4 Å². The lowest BCUT2D eigenvalue weighted by Gasteiger charge is -2.41. The van der Waals surface area contributed by atoms with Crippen LogP contribution in [0.25, 0.3) is 10.2 Å². The van der Waals surface area contributed by atoms with Gasteiger partial charge in [0.15, 0.2) is 0 Å². The van der Waals surface area contributed by atoms with Gasteiger partial charge >= 0.3 is 0 Å². The van der Waals surface area contributed by atoms with Gasteiger partial charge in [-0.2, -0.15) is 0 Å². The lowest BCUT2D eigenvalue weighted by Crippen LogP contribution is -2.55. The van der Waals surface area contributed by atoms with Gasteiger partial charge in [0.1, 0.15) is 9.71 Å². The van der Waals surface area contributed by atoms with Crippen LogP contribution in [0.15, 0.2) is 12.3 Å². The minimum absolute atomic E-state index is 0.0248. The van der Waals surface area contributed by atoms with E-state index in [1.807, 2.05) is 31.7 Å². The van der Waals surface area contributed by atoms with Gasteiger partial charge in [0.2, 0.25) is 0 Å². The van der Waals surface area contributed by atoms with E-state index in [-0.39, 0.29) is 11.4 Å². The number of thiophene rings is 1. The minimum atomic E-state index is -0.319. The highest BCUT2D eigenvalue weighted by molar-refractivity contribution is 7.21. The predicted molar refractivity (Wildman–Crippen MR) is 84.7 cm³/mol. The van der Waals surface area contributed by atoms with Gasteiger partial charge in [-0.1, -0.05) is 0 Å². The Bertz CT molecular complexity index is 708. The van der Waals surface area contributed by atoms with E-state index in [0.717, 1.165) is 15.8 Å². The molecule has 1 amide bonds. The molecule has 1 aliphatic rings. The number of fused-ring (bicyclic) bond motifs is 1. The standard InChI is InChI=1S/C15H19N3O2S/c1-9-4-5-17-13-10(9)11(16)12(21-13)14(19)18-6-7-20-8-15(18,2)3/h4-5H,6-8,16H2,1-3H3. The lowest BCUT2D eigenvalue weighted by molar-refractivity contribution is -0.0368. The van der Waals surface area contributed by atoms with Crippen molar-refractivity contribution in [2.75, 3.05) is 25.5 Å². The fourth-order valence-corrected chi connectivity index (χ4v) is 3.81. The topological polar surface area (TPSA) is 68.5 Å². The molecular weight excluding hydrogens is 286 g/mol. The summed E-state index contributed by atoms with van der Waals surface area (Å²) in [6, 6.07) is 1.92. The molecule has 1 saturated heterocycles. The number of morpholine rings is 1. The summed E-state index contributed by atoms with van der Waals surface area (Å²) in [5, 5.41) is 0.900. The quantitative estimate of drug-likeness (QED) is 0.878. The van der Waals surface area contributed by atoms with Crippen molar-refractivity contribution >= 4 is 33.1 Å². The largest absolute Gasteiger partial charge is 0.397 e. The number of carbonyl (C=O) groups excluding carboxylic acids is 1. The fraction of sp³-hybridized carbons (Fsp3) is 0.467. The number of anilines is 1. The zero-order valence-electron chi connectivity index (χ0n) is 12.5. The van der Waals surface area contributed by atoms with Gasteiger partial charge in [-0.3, -0.25) is 4.79 Å². The number of rotatable bonds is 1. The summed E-state index contributed by atoms with van der Waals surface area (Å²) in [5.74, 6) is -0.0248. The average Bonchev–Trinajstić information content (AvgIpc) is 2.76. The maximum atomic E-state index is 12.9. The summed E-state index contributed by atoms with van der Waals surface area (Å²) >= 11 is 1.37. The highest BCUT2D eigenvalue weighted by Gasteiger charge is 2.36.